The Balaban J connectivity index is 1.62. The van der Waals surface area contributed by atoms with Crippen LogP contribution in [-0.4, -0.2) is 19.0 Å². The van der Waals surface area contributed by atoms with E-state index in [-0.39, 0.29) is 5.91 Å². The summed E-state index contributed by atoms with van der Waals surface area (Å²) in [6.45, 7) is 1.08. The van der Waals surface area contributed by atoms with Gasteiger partial charge >= 0.3 is 0 Å². The topological polar surface area (TPSA) is 23.6 Å². The highest BCUT2D eigenvalue weighted by Gasteiger charge is 2.26. The zero-order chi connectivity index (χ0) is 17.1. The van der Waals surface area contributed by atoms with Gasteiger partial charge < -0.3 is 9.80 Å². The normalized spacial score (nSPS) is 12.7. The summed E-state index contributed by atoms with van der Waals surface area (Å²) in [5.74, 6) is 0.123. The Bertz CT molecular complexity index is 822. The van der Waals surface area contributed by atoms with Gasteiger partial charge in [-0.15, -0.1) is 0 Å². The first-order valence-corrected chi connectivity index (χ1v) is 8.59. The van der Waals surface area contributed by atoms with Crippen molar-refractivity contribution in [3.8, 4) is 0 Å². The predicted octanol–water partition coefficient (Wildman–Crippen LogP) is 4.41. The number of carbonyl (C=O) groups is 1. The highest BCUT2D eigenvalue weighted by atomic mass is 16.2. The monoisotopic (exact) mass is 328 g/mol. The maximum Gasteiger partial charge on any atom is 0.246 e. The van der Waals surface area contributed by atoms with Gasteiger partial charge in [0.1, 0.15) is 6.54 Å². The van der Waals surface area contributed by atoms with Crippen molar-refractivity contribution in [2.45, 2.75) is 6.42 Å². The van der Waals surface area contributed by atoms with Crippen LogP contribution in [0.3, 0.4) is 0 Å². The van der Waals surface area contributed by atoms with E-state index in [1.165, 1.54) is 5.56 Å². The molecule has 0 atom stereocenters. The zero-order valence-electron chi connectivity index (χ0n) is 14.0. The first-order chi connectivity index (χ1) is 12.3. The Kier molecular flexibility index (Phi) is 4.21. The summed E-state index contributed by atoms with van der Waals surface area (Å²) in [6.07, 6.45) is 0.929. The molecule has 0 aromatic heterocycles. The number of amides is 1. The quantitative estimate of drug-likeness (QED) is 0.708. The predicted molar refractivity (Wildman–Crippen MR) is 102 cm³/mol. The molecule has 1 heterocycles. The van der Waals surface area contributed by atoms with Crippen LogP contribution in [-0.2, 0) is 11.2 Å². The van der Waals surface area contributed by atoms with E-state index in [1.807, 2.05) is 83.8 Å². The Morgan fingerprint density at radius 1 is 0.800 bits per heavy atom. The molecule has 0 radical (unpaired) electrons. The molecule has 124 valence electrons. The van der Waals surface area contributed by atoms with Crippen LogP contribution in [0.5, 0.6) is 0 Å². The maximum absolute atomic E-state index is 13.0. The van der Waals surface area contributed by atoms with E-state index >= 15 is 0 Å². The van der Waals surface area contributed by atoms with Crippen LogP contribution >= 0.6 is 0 Å². The summed E-state index contributed by atoms with van der Waals surface area (Å²) in [7, 11) is 0. The standard InChI is InChI=1S/C22H20N2O/c25-22(23-16-15-18-9-7-8-14-21(18)23)17-24(19-10-3-1-4-11-19)20-12-5-2-6-13-20/h1-14H,15-17H2. The van der Waals surface area contributed by atoms with Gasteiger partial charge in [-0.2, -0.15) is 0 Å². The van der Waals surface area contributed by atoms with Crippen molar-refractivity contribution in [2.75, 3.05) is 22.9 Å². The van der Waals surface area contributed by atoms with Crippen molar-refractivity contribution >= 4 is 23.0 Å². The molecule has 0 saturated heterocycles. The summed E-state index contributed by atoms with van der Waals surface area (Å²) < 4.78 is 0. The summed E-state index contributed by atoms with van der Waals surface area (Å²) in [4.78, 5) is 17.0. The molecule has 1 aliphatic rings. The lowest BCUT2D eigenvalue weighted by molar-refractivity contribution is -0.117. The second-order valence-corrected chi connectivity index (χ2v) is 6.18. The van der Waals surface area contributed by atoms with Crippen LogP contribution in [0.25, 0.3) is 0 Å². The van der Waals surface area contributed by atoms with Crippen molar-refractivity contribution in [1.82, 2.24) is 0 Å². The molecule has 1 aliphatic heterocycles. The number of fused-ring (bicyclic) bond motifs is 1. The molecule has 0 spiro atoms. The minimum atomic E-state index is 0.123. The van der Waals surface area contributed by atoms with Gasteiger partial charge in [0.15, 0.2) is 0 Å². The van der Waals surface area contributed by atoms with E-state index in [9.17, 15) is 4.79 Å². The molecule has 25 heavy (non-hydrogen) atoms. The molecule has 0 fully saturated rings. The van der Waals surface area contributed by atoms with Crippen LogP contribution in [0.1, 0.15) is 5.56 Å². The second-order valence-electron chi connectivity index (χ2n) is 6.18. The Labute approximate surface area is 148 Å². The van der Waals surface area contributed by atoms with Crippen LogP contribution in [0.2, 0.25) is 0 Å². The summed E-state index contributed by atoms with van der Waals surface area (Å²) in [5.41, 5.74) is 4.35. The number of benzene rings is 3. The first kappa shape index (κ1) is 15.5. The average molecular weight is 328 g/mol. The van der Waals surface area contributed by atoms with E-state index in [4.69, 9.17) is 0 Å². The Morgan fingerprint density at radius 2 is 1.36 bits per heavy atom. The van der Waals surface area contributed by atoms with Crippen LogP contribution in [0.4, 0.5) is 17.1 Å². The Morgan fingerprint density at radius 3 is 2.00 bits per heavy atom. The van der Waals surface area contributed by atoms with Crippen LogP contribution in [0.15, 0.2) is 84.9 Å². The number of para-hydroxylation sites is 3. The van der Waals surface area contributed by atoms with Gasteiger partial charge in [0.2, 0.25) is 5.91 Å². The van der Waals surface area contributed by atoms with Gasteiger partial charge in [0, 0.05) is 23.6 Å². The summed E-state index contributed by atoms with van der Waals surface area (Å²) >= 11 is 0. The van der Waals surface area contributed by atoms with Gasteiger partial charge in [-0.3, -0.25) is 4.79 Å². The lowest BCUT2D eigenvalue weighted by Gasteiger charge is -2.27. The lowest BCUT2D eigenvalue weighted by Crippen LogP contribution is -2.37. The van der Waals surface area contributed by atoms with Crippen molar-refractivity contribution < 1.29 is 4.79 Å². The summed E-state index contributed by atoms with van der Waals surface area (Å²) in [6, 6.07) is 28.3. The van der Waals surface area contributed by atoms with E-state index in [1.54, 1.807) is 0 Å². The lowest BCUT2D eigenvalue weighted by atomic mass is 10.2. The third-order valence-corrected chi connectivity index (χ3v) is 4.62. The average Bonchev–Trinajstić information content (AvgIpc) is 3.11. The zero-order valence-corrected chi connectivity index (χ0v) is 14.0. The van der Waals surface area contributed by atoms with Crippen molar-refractivity contribution in [3.05, 3.63) is 90.5 Å². The number of hydrogen-bond acceptors (Lipinski definition) is 2. The molecule has 3 nitrogen and oxygen atoms in total. The SMILES string of the molecule is O=C(CN(c1ccccc1)c1ccccc1)N1CCc2ccccc21. The molecule has 1 amide bonds. The number of anilines is 3. The second kappa shape index (κ2) is 6.81. The smallest absolute Gasteiger partial charge is 0.246 e. The van der Waals surface area contributed by atoms with Gasteiger partial charge in [-0.25, -0.2) is 0 Å². The first-order valence-electron chi connectivity index (χ1n) is 8.59. The number of rotatable bonds is 4. The molecular formula is C22H20N2O. The molecular weight excluding hydrogens is 308 g/mol. The number of hydrogen-bond donors (Lipinski definition) is 0. The highest BCUT2D eigenvalue weighted by molar-refractivity contribution is 5.99. The minimum absolute atomic E-state index is 0.123. The fourth-order valence-electron chi connectivity index (χ4n) is 3.37. The minimum Gasteiger partial charge on any atom is -0.332 e. The van der Waals surface area contributed by atoms with Gasteiger partial charge in [-0.1, -0.05) is 54.6 Å². The van der Waals surface area contributed by atoms with Crippen molar-refractivity contribution in [1.29, 1.82) is 0 Å². The fourth-order valence-corrected chi connectivity index (χ4v) is 3.37. The van der Waals surface area contributed by atoms with E-state index in [0.717, 1.165) is 30.0 Å². The molecule has 0 unspecified atom stereocenters. The van der Waals surface area contributed by atoms with E-state index in [2.05, 4.69) is 11.0 Å². The van der Waals surface area contributed by atoms with E-state index < -0.39 is 0 Å². The fraction of sp³-hybridized carbons (Fsp3) is 0.136. The van der Waals surface area contributed by atoms with Crippen LogP contribution in [0, 0.1) is 0 Å². The van der Waals surface area contributed by atoms with Gasteiger partial charge in [-0.05, 0) is 42.3 Å². The van der Waals surface area contributed by atoms with Gasteiger partial charge in [0.25, 0.3) is 0 Å². The molecule has 0 bridgehead atoms. The van der Waals surface area contributed by atoms with Gasteiger partial charge in [0.05, 0.1) is 0 Å². The molecule has 0 N–H and O–H groups in total. The van der Waals surface area contributed by atoms with E-state index in [0.29, 0.717) is 6.54 Å². The Hall–Kier alpha value is -3.07. The third kappa shape index (κ3) is 3.13. The molecule has 0 aliphatic carbocycles. The molecule has 0 saturated carbocycles. The van der Waals surface area contributed by atoms with Crippen LogP contribution < -0.4 is 9.80 Å². The summed E-state index contributed by atoms with van der Waals surface area (Å²) in [5, 5.41) is 0. The third-order valence-electron chi connectivity index (χ3n) is 4.62. The molecule has 3 aromatic carbocycles. The molecule has 3 aromatic rings. The van der Waals surface area contributed by atoms with Crippen molar-refractivity contribution in [3.63, 3.8) is 0 Å². The molecule has 4 rings (SSSR count). The maximum atomic E-state index is 13.0. The highest BCUT2D eigenvalue weighted by Crippen LogP contribution is 2.29. The van der Waals surface area contributed by atoms with Crippen molar-refractivity contribution in [2.24, 2.45) is 0 Å². The number of nitrogens with zero attached hydrogens (tertiary/aromatic N) is 2. The largest absolute Gasteiger partial charge is 0.332 e. The molecule has 3 heteroatoms. The number of carbonyl (C=O) groups excluding carboxylic acids is 1.